The highest BCUT2D eigenvalue weighted by Crippen LogP contribution is 2.26. The largest absolute Gasteiger partial charge is 0.345 e. The third kappa shape index (κ3) is 2.04. The summed E-state index contributed by atoms with van der Waals surface area (Å²) in [7, 11) is 0. The smallest absolute Gasteiger partial charge is 0.256 e. The number of nitrogens with one attached hydrogen (secondary N) is 1. The second-order valence-electron chi connectivity index (χ2n) is 5.10. The number of likely N-dealkylation sites (tertiary alicyclic amines) is 1. The highest BCUT2D eigenvalue weighted by Gasteiger charge is 2.33. The molecule has 0 radical (unpaired) electrons. The number of H-pyrrole nitrogens is 1. The lowest BCUT2D eigenvalue weighted by molar-refractivity contribution is 0.0503. The van der Waals surface area contributed by atoms with Crippen molar-refractivity contribution in [1.82, 2.24) is 24.6 Å². The van der Waals surface area contributed by atoms with Gasteiger partial charge in [0.25, 0.3) is 5.91 Å². The van der Waals surface area contributed by atoms with Gasteiger partial charge in [-0.05, 0) is 28.1 Å². The van der Waals surface area contributed by atoms with Gasteiger partial charge in [0, 0.05) is 37.1 Å². The Bertz CT molecular complexity index is 818. The molecule has 0 unspecified atom stereocenters. The van der Waals surface area contributed by atoms with E-state index >= 15 is 0 Å². The Labute approximate surface area is 128 Å². The predicted octanol–water partition coefficient (Wildman–Crippen LogP) is 2.22. The minimum absolute atomic E-state index is 0.0386. The van der Waals surface area contributed by atoms with Crippen LogP contribution < -0.4 is 0 Å². The molecule has 1 aliphatic rings. The number of hydrogen-bond donors (Lipinski definition) is 1. The van der Waals surface area contributed by atoms with Gasteiger partial charge in [-0.25, -0.2) is 4.98 Å². The van der Waals surface area contributed by atoms with E-state index in [1.54, 1.807) is 18.6 Å². The summed E-state index contributed by atoms with van der Waals surface area (Å²) >= 11 is 3.38. The lowest BCUT2D eigenvalue weighted by Gasteiger charge is -2.39. The van der Waals surface area contributed by atoms with Gasteiger partial charge >= 0.3 is 0 Å². The van der Waals surface area contributed by atoms with Crippen molar-refractivity contribution in [2.24, 2.45) is 0 Å². The quantitative estimate of drug-likeness (QED) is 0.774. The van der Waals surface area contributed by atoms with E-state index in [0.717, 1.165) is 15.5 Å². The number of halogens is 1. The van der Waals surface area contributed by atoms with Crippen LogP contribution in [-0.2, 0) is 0 Å². The molecule has 4 rings (SSSR count). The van der Waals surface area contributed by atoms with Gasteiger partial charge in [-0.1, -0.05) is 0 Å². The Morgan fingerprint density at radius 3 is 3.05 bits per heavy atom. The number of pyridine rings is 1. The van der Waals surface area contributed by atoms with Gasteiger partial charge in [0.1, 0.15) is 5.65 Å². The first-order chi connectivity index (χ1) is 10.2. The maximum atomic E-state index is 12.5. The molecule has 3 aromatic rings. The van der Waals surface area contributed by atoms with Crippen LogP contribution in [0.15, 0.2) is 41.4 Å². The third-order valence-corrected chi connectivity index (χ3v) is 4.18. The van der Waals surface area contributed by atoms with E-state index in [4.69, 9.17) is 0 Å². The number of fused-ring (bicyclic) bond motifs is 1. The van der Waals surface area contributed by atoms with Crippen LogP contribution in [0.25, 0.3) is 11.0 Å². The molecule has 21 heavy (non-hydrogen) atoms. The van der Waals surface area contributed by atoms with Crippen molar-refractivity contribution in [3.05, 3.63) is 47.0 Å². The van der Waals surface area contributed by atoms with Gasteiger partial charge in [-0.3, -0.25) is 9.48 Å². The number of amides is 1. The van der Waals surface area contributed by atoms with Crippen molar-refractivity contribution in [3.63, 3.8) is 0 Å². The van der Waals surface area contributed by atoms with Crippen LogP contribution >= 0.6 is 15.9 Å². The minimum atomic E-state index is 0.0386. The van der Waals surface area contributed by atoms with Gasteiger partial charge in [0.05, 0.1) is 22.3 Å². The average Bonchev–Trinajstić information content (AvgIpc) is 3.03. The zero-order valence-electron chi connectivity index (χ0n) is 11.0. The molecule has 3 aromatic heterocycles. The third-order valence-electron chi connectivity index (χ3n) is 3.78. The fourth-order valence-corrected chi connectivity index (χ4v) is 2.91. The average molecular weight is 346 g/mol. The molecule has 0 atom stereocenters. The summed E-state index contributed by atoms with van der Waals surface area (Å²) in [4.78, 5) is 21.6. The zero-order valence-corrected chi connectivity index (χ0v) is 12.6. The van der Waals surface area contributed by atoms with E-state index in [1.807, 2.05) is 27.9 Å². The molecule has 0 saturated carbocycles. The lowest BCUT2D eigenvalue weighted by Crippen LogP contribution is -2.50. The Hall–Kier alpha value is -2.15. The van der Waals surface area contributed by atoms with E-state index in [1.165, 1.54) is 0 Å². The highest BCUT2D eigenvalue weighted by molar-refractivity contribution is 9.10. The van der Waals surface area contributed by atoms with Crippen molar-refractivity contribution >= 4 is 32.9 Å². The van der Waals surface area contributed by atoms with Crippen LogP contribution in [0.4, 0.5) is 0 Å². The second kappa shape index (κ2) is 4.70. The van der Waals surface area contributed by atoms with Crippen LogP contribution in [0, 0.1) is 0 Å². The Morgan fingerprint density at radius 2 is 2.29 bits per heavy atom. The fraction of sp³-hybridized carbons (Fsp3) is 0.214. The molecule has 6 nitrogen and oxygen atoms in total. The number of aromatic amines is 1. The van der Waals surface area contributed by atoms with Crippen LogP contribution in [0.2, 0.25) is 0 Å². The molecule has 0 bridgehead atoms. The summed E-state index contributed by atoms with van der Waals surface area (Å²) in [6, 6.07) is 4.00. The first kappa shape index (κ1) is 12.6. The van der Waals surface area contributed by atoms with Gasteiger partial charge in [-0.15, -0.1) is 0 Å². The Kier molecular flexibility index (Phi) is 2.81. The summed E-state index contributed by atoms with van der Waals surface area (Å²) in [5.41, 5.74) is 1.42. The van der Waals surface area contributed by atoms with Gasteiger partial charge in [0.2, 0.25) is 0 Å². The maximum Gasteiger partial charge on any atom is 0.256 e. The van der Waals surface area contributed by atoms with E-state index in [9.17, 15) is 4.79 Å². The standard InChI is InChI=1S/C14H12BrN5O/c15-9-4-18-20(6-9)10-7-19(8-10)14(21)12-5-17-13-11(12)2-1-3-16-13/h1-6,10H,7-8H2,(H,16,17). The van der Waals surface area contributed by atoms with E-state index < -0.39 is 0 Å². The van der Waals surface area contributed by atoms with Crippen molar-refractivity contribution in [2.45, 2.75) is 6.04 Å². The van der Waals surface area contributed by atoms with Crippen LogP contribution in [0.5, 0.6) is 0 Å². The molecule has 1 N–H and O–H groups in total. The summed E-state index contributed by atoms with van der Waals surface area (Å²) in [5.74, 6) is 0.0386. The minimum Gasteiger partial charge on any atom is -0.345 e. The molecule has 1 fully saturated rings. The predicted molar refractivity (Wildman–Crippen MR) is 81.0 cm³/mol. The molecule has 1 aliphatic heterocycles. The number of carbonyl (C=O) groups is 1. The number of rotatable bonds is 2. The molecule has 7 heteroatoms. The SMILES string of the molecule is O=C(c1c[nH]c2ncccc12)N1CC(n2cc(Br)cn2)C1. The van der Waals surface area contributed by atoms with Crippen molar-refractivity contribution in [2.75, 3.05) is 13.1 Å². The molecule has 0 spiro atoms. The fourth-order valence-electron chi connectivity index (χ4n) is 2.61. The second-order valence-corrected chi connectivity index (χ2v) is 6.02. The molecule has 106 valence electrons. The topological polar surface area (TPSA) is 66.8 Å². The normalized spacial score (nSPS) is 15.4. The number of aromatic nitrogens is 4. The summed E-state index contributed by atoms with van der Waals surface area (Å²) < 4.78 is 2.85. The van der Waals surface area contributed by atoms with Crippen LogP contribution in [-0.4, -0.2) is 43.6 Å². The highest BCUT2D eigenvalue weighted by atomic mass is 79.9. The lowest BCUT2D eigenvalue weighted by atomic mass is 10.1. The summed E-state index contributed by atoms with van der Waals surface area (Å²) in [5, 5.41) is 5.13. The Morgan fingerprint density at radius 1 is 1.43 bits per heavy atom. The zero-order chi connectivity index (χ0) is 14.4. The molecule has 1 amide bonds. The molecule has 4 heterocycles. The van der Waals surface area contributed by atoms with Crippen LogP contribution in [0.3, 0.4) is 0 Å². The molecular formula is C14H12BrN5O. The maximum absolute atomic E-state index is 12.5. The number of nitrogens with zero attached hydrogens (tertiary/aromatic N) is 4. The van der Waals surface area contributed by atoms with E-state index in [-0.39, 0.29) is 11.9 Å². The molecule has 0 aliphatic carbocycles. The summed E-state index contributed by atoms with van der Waals surface area (Å²) in [6.45, 7) is 1.36. The molecular weight excluding hydrogens is 334 g/mol. The van der Waals surface area contributed by atoms with Crippen molar-refractivity contribution < 1.29 is 4.79 Å². The summed E-state index contributed by atoms with van der Waals surface area (Å²) in [6.07, 6.45) is 7.14. The van der Waals surface area contributed by atoms with Gasteiger partial charge in [-0.2, -0.15) is 5.10 Å². The van der Waals surface area contributed by atoms with Crippen molar-refractivity contribution in [3.8, 4) is 0 Å². The number of carbonyl (C=O) groups excluding carboxylic acids is 1. The molecule has 1 saturated heterocycles. The van der Waals surface area contributed by atoms with Gasteiger partial charge in [0.15, 0.2) is 0 Å². The van der Waals surface area contributed by atoms with E-state index in [0.29, 0.717) is 18.7 Å². The number of hydrogen-bond acceptors (Lipinski definition) is 3. The Balaban J connectivity index is 1.52. The van der Waals surface area contributed by atoms with Crippen molar-refractivity contribution in [1.29, 1.82) is 0 Å². The molecule has 0 aromatic carbocycles. The first-order valence-corrected chi connectivity index (χ1v) is 7.43. The first-order valence-electron chi connectivity index (χ1n) is 6.63. The van der Waals surface area contributed by atoms with Crippen LogP contribution in [0.1, 0.15) is 16.4 Å². The van der Waals surface area contributed by atoms with Gasteiger partial charge < -0.3 is 9.88 Å². The van der Waals surface area contributed by atoms with E-state index in [2.05, 4.69) is 31.0 Å². The monoisotopic (exact) mass is 345 g/mol.